The van der Waals surface area contributed by atoms with Crippen molar-refractivity contribution in [2.24, 2.45) is 0 Å². The Bertz CT molecular complexity index is 1310. The molecule has 174 valence electrons. The van der Waals surface area contributed by atoms with Crippen molar-refractivity contribution in [1.29, 1.82) is 0 Å². The maximum atomic E-state index is 13.7. The first-order chi connectivity index (χ1) is 15.1. The van der Waals surface area contributed by atoms with Crippen molar-refractivity contribution in [2.75, 3.05) is 13.2 Å². The maximum Gasteiger partial charge on any atom is 0.171 e. The van der Waals surface area contributed by atoms with Crippen LogP contribution in [0, 0.1) is 12.7 Å². The Kier molecular flexibility index (Phi) is 6.71. The summed E-state index contributed by atoms with van der Waals surface area (Å²) in [6, 6.07) is 13.3. The van der Waals surface area contributed by atoms with Crippen LogP contribution in [0.15, 0.2) is 42.5 Å². The second-order valence-electron chi connectivity index (χ2n) is 8.58. The van der Waals surface area contributed by atoms with Gasteiger partial charge in [0.15, 0.2) is 11.5 Å². The molecule has 3 heterocycles. The largest absolute Gasteiger partial charge is 0.486 e. The van der Waals surface area contributed by atoms with Crippen molar-refractivity contribution in [3.05, 3.63) is 65.2 Å². The smallest absolute Gasteiger partial charge is 0.171 e. The molecule has 0 bridgehead atoms. The highest BCUT2D eigenvalue weighted by molar-refractivity contribution is 5.88. The molecule has 0 fully saturated rings. The lowest BCUT2D eigenvalue weighted by Crippen LogP contribution is -2.44. The molecule has 0 radical (unpaired) electrons. The van der Waals surface area contributed by atoms with E-state index < -0.39 is 0 Å². The van der Waals surface area contributed by atoms with Gasteiger partial charge in [-0.3, -0.25) is 4.98 Å². The van der Waals surface area contributed by atoms with Crippen LogP contribution in [-0.4, -0.2) is 35.3 Å². The van der Waals surface area contributed by atoms with Crippen LogP contribution in [0.2, 0.25) is 0 Å². The summed E-state index contributed by atoms with van der Waals surface area (Å²) in [4.78, 5) is 8.07. The van der Waals surface area contributed by atoms with Gasteiger partial charge in [-0.1, -0.05) is 0 Å². The summed E-state index contributed by atoms with van der Waals surface area (Å²) in [5, 5.41) is 5.67. The Labute approximate surface area is 203 Å². The molecule has 33 heavy (non-hydrogen) atoms. The summed E-state index contributed by atoms with van der Waals surface area (Å²) in [6.45, 7) is 3.22. The number of aryl methyl sites for hydroxylation is 2. The molecule has 8 heteroatoms. The zero-order valence-electron chi connectivity index (χ0n) is 18.2. The fourth-order valence-corrected chi connectivity index (χ4v) is 4.85. The molecular weight excluding hydrogens is 464 g/mol. The van der Waals surface area contributed by atoms with Crippen molar-refractivity contribution < 1.29 is 13.9 Å². The number of halogens is 3. The summed E-state index contributed by atoms with van der Waals surface area (Å²) in [5.41, 5.74) is 5.39. The van der Waals surface area contributed by atoms with Gasteiger partial charge in [-0.15, -0.1) is 24.8 Å². The highest BCUT2D eigenvalue weighted by Crippen LogP contribution is 2.38. The lowest BCUT2D eigenvalue weighted by atomic mass is 9.91. The number of hydrogen-bond donors (Lipinski definition) is 2. The number of nitrogens with one attached hydrogen (secondary N) is 2. The molecule has 2 aromatic carbocycles. The average Bonchev–Trinajstić information content (AvgIpc) is 3.14. The van der Waals surface area contributed by atoms with Gasteiger partial charge < -0.3 is 19.8 Å². The molecule has 2 atom stereocenters. The Balaban J connectivity index is 0.00000130. The van der Waals surface area contributed by atoms with Crippen LogP contribution in [0.3, 0.4) is 0 Å². The molecule has 0 unspecified atom stereocenters. The van der Waals surface area contributed by atoms with Crippen LogP contribution in [-0.2, 0) is 12.8 Å². The number of pyridine rings is 1. The first kappa shape index (κ1) is 23.6. The van der Waals surface area contributed by atoms with Crippen molar-refractivity contribution in [3.63, 3.8) is 0 Å². The first-order valence-electron chi connectivity index (χ1n) is 10.9. The molecule has 6 rings (SSSR count). The number of hydrogen-bond acceptors (Lipinski definition) is 4. The standard InChI is InChI=1S/C25H24FN3O2.2ClH/c1-14-2-5-19-21(28-14)8-9-24-25(19)31-17(13-30-24)12-27-16-4-6-18-20-10-15(26)3-7-22(20)29-23(18)11-16;;/h2-3,5,7-10,16-17,27,29H,4,6,11-13H2,1H3;2*1H/t16-,17-;;/m0../s1. The number of benzene rings is 2. The Morgan fingerprint density at radius 2 is 2.00 bits per heavy atom. The van der Waals surface area contributed by atoms with E-state index in [0.717, 1.165) is 58.3 Å². The Hall–Kier alpha value is -2.54. The molecule has 1 aliphatic carbocycles. The van der Waals surface area contributed by atoms with Crippen LogP contribution in [0.4, 0.5) is 4.39 Å². The minimum absolute atomic E-state index is 0. The molecular formula is C25H26Cl2FN3O2. The lowest BCUT2D eigenvalue weighted by Gasteiger charge is -2.30. The van der Waals surface area contributed by atoms with Gasteiger partial charge in [0.25, 0.3) is 0 Å². The van der Waals surface area contributed by atoms with E-state index in [1.165, 1.54) is 17.3 Å². The molecule has 2 aliphatic rings. The maximum absolute atomic E-state index is 13.7. The fraction of sp³-hybridized carbons (Fsp3) is 0.320. The predicted molar refractivity (Wildman–Crippen MR) is 133 cm³/mol. The number of H-pyrrole nitrogens is 1. The van der Waals surface area contributed by atoms with Crippen LogP contribution < -0.4 is 14.8 Å². The van der Waals surface area contributed by atoms with E-state index in [1.807, 2.05) is 31.2 Å². The number of aromatic nitrogens is 2. The zero-order chi connectivity index (χ0) is 20.9. The van der Waals surface area contributed by atoms with E-state index >= 15 is 0 Å². The second-order valence-corrected chi connectivity index (χ2v) is 8.58. The van der Waals surface area contributed by atoms with E-state index in [0.29, 0.717) is 19.2 Å². The van der Waals surface area contributed by atoms with Gasteiger partial charge in [0.2, 0.25) is 0 Å². The van der Waals surface area contributed by atoms with Crippen LogP contribution in [0.1, 0.15) is 23.4 Å². The van der Waals surface area contributed by atoms with Gasteiger partial charge >= 0.3 is 0 Å². The summed E-state index contributed by atoms with van der Waals surface area (Å²) < 4.78 is 26.0. The second kappa shape index (κ2) is 9.37. The van der Waals surface area contributed by atoms with E-state index in [-0.39, 0.29) is 36.7 Å². The Morgan fingerprint density at radius 1 is 1.12 bits per heavy atom. The third kappa shape index (κ3) is 4.35. The molecule has 5 nitrogen and oxygen atoms in total. The molecule has 0 saturated heterocycles. The van der Waals surface area contributed by atoms with E-state index in [2.05, 4.69) is 21.4 Å². The quantitative estimate of drug-likeness (QED) is 0.410. The van der Waals surface area contributed by atoms with Gasteiger partial charge in [-0.05, 0) is 67.8 Å². The van der Waals surface area contributed by atoms with E-state index in [9.17, 15) is 4.39 Å². The summed E-state index contributed by atoms with van der Waals surface area (Å²) >= 11 is 0. The summed E-state index contributed by atoms with van der Waals surface area (Å²) in [7, 11) is 0. The van der Waals surface area contributed by atoms with Crippen molar-refractivity contribution in [2.45, 2.75) is 38.3 Å². The topological polar surface area (TPSA) is 59.2 Å². The molecule has 4 aromatic rings. The molecule has 1 aliphatic heterocycles. The minimum atomic E-state index is -0.179. The number of fused-ring (bicyclic) bond motifs is 6. The summed E-state index contributed by atoms with van der Waals surface area (Å²) in [6.07, 6.45) is 2.81. The van der Waals surface area contributed by atoms with Gasteiger partial charge in [0.1, 0.15) is 18.5 Å². The molecule has 0 spiro atoms. The molecule has 0 amide bonds. The van der Waals surface area contributed by atoms with E-state index in [1.54, 1.807) is 6.07 Å². The van der Waals surface area contributed by atoms with Crippen LogP contribution >= 0.6 is 24.8 Å². The fourth-order valence-electron chi connectivity index (χ4n) is 4.85. The molecule has 2 aromatic heterocycles. The summed E-state index contributed by atoms with van der Waals surface area (Å²) in [5.74, 6) is 1.39. The third-order valence-corrected chi connectivity index (χ3v) is 6.42. The van der Waals surface area contributed by atoms with Gasteiger partial charge in [0, 0.05) is 46.7 Å². The number of rotatable bonds is 3. The highest BCUT2D eigenvalue weighted by Gasteiger charge is 2.26. The van der Waals surface area contributed by atoms with Gasteiger partial charge in [0.05, 0.1) is 5.52 Å². The number of nitrogens with zero attached hydrogens (tertiary/aromatic N) is 1. The monoisotopic (exact) mass is 489 g/mol. The van der Waals surface area contributed by atoms with Gasteiger partial charge in [-0.2, -0.15) is 0 Å². The number of ether oxygens (including phenoxy) is 2. The van der Waals surface area contributed by atoms with Crippen molar-refractivity contribution in [1.82, 2.24) is 15.3 Å². The normalized spacial score (nSPS) is 19.0. The molecule has 0 saturated carbocycles. The van der Waals surface area contributed by atoms with Crippen molar-refractivity contribution in [3.8, 4) is 11.5 Å². The Morgan fingerprint density at radius 3 is 2.88 bits per heavy atom. The van der Waals surface area contributed by atoms with E-state index in [4.69, 9.17) is 9.47 Å². The predicted octanol–water partition coefficient (Wildman–Crippen LogP) is 5.29. The highest BCUT2D eigenvalue weighted by atomic mass is 35.5. The zero-order valence-corrected chi connectivity index (χ0v) is 19.8. The number of aromatic amines is 1. The first-order valence-corrected chi connectivity index (χ1v) is 10.9. The van der Waals surface area contributed by atoms with Crippen LogP contribution in [0.25, 0.3) is 21.8 Å². The van der Waals surface area contributed by atoms with Crippen molar-refractivity contribution >= 4 is 46.6 Å². The van der Waals surface area contributed by atoms with Crippen LogP contribution in [0.5, 0.6) is 11.5 Å². The van der Waals surface area contributed by atoms with Gasteiger partial charge in [-0.25, -0.2) is 4.39 Å². The third-order valence-electron chi connectivity index (χ3n) is 6.42. The molecule has 2 N–H and O–H groups in total. The lowest BCUT2D eigenvalue weighted by molar-refractivity contribution is 0.0896. The minimum Gasteiger partial charge on any atom is -0.486 e. The SMILES string of the molecule is Cc1ccc2c3c(ccc2n1)OC[C@H](CN[C@H]1CCc2c([nH]c4ccc(F)cc24)C1)O3.Cl.Cl. The average molecular weight is 490 g/mol.